The Bertz CT molecular complexity index is 302. The Morgan fingerprint density at radius 1 is 1.39 bits per heavy atom. The largest absolute Gasteiger partial charge is 0.480 e. The molecule has 0 unspecified atom stereocenters. The number of aliphatic carboxylic acids is 1. The van der Waals surface area contributed by atoms with Gasteiger partial charge in [0.15, 0.2) is 0 Å². The van der Waals surface area contributed by atoms with Crippen molar-refractivity contribution in [1.82, 2.24) is 10.6 Å². The van der Waals surface area contributed by atoms with Gasteiger partial charge in [-0.25, -0.2) is 9.59 Å². The van der Waals surface area contributed by atoms with Crippen molar-refractivity contribution in [3.63, 3.8) is 0 Å². The summed E-state index contributed by atoms with van der Waals surface area (Å²) in [6.45, 7) is 2.77. The van der Waals surface area contributed by atoms with E-state index in [9.17, 15) is 9.59 Å². The van der Waals surface area contributed by atoms with Gasteiger partial charge in [-0.1, -0.05) is 0 Å². The van der Waals surface area contributed by atoms with Crippen molar-refractivity contribution in [2.24, 2.45) is 0 Å². The lowest BCUT2D eigenvalue weighted by Crippen LogP contribution is -2.55. The predicted molar refractivity (Wildman–Crippen MR) is 63.3 cm³/mol. The molecule has 18 heavy (non-hydrogen) atoms. The number of ether oxygens (including phenoxy) is 1. The molecule has 7 nitrogen and oxygen atoms in total. The number of carboxylic acid groups (broad SMARTS) is 1. The third-order valence-corrected chi connectivity index (χ3v) is 3.03. The summed E-state index contributed by atoms with van der Waals surface area (Å²) in [5.41, 5.74) is -0.370. The highest BCUT2D eigenvalue weighted by Crippen LogP contribution is 2.19. The lowest BCUT2D eigenvalue weighted by molar-refractivity contribution is -0.139. The van der Waals surface area contributed by atoms with Gasteiger partial charge in [0.25, 0.3) is 0 Å². The van der Waals surface area contributed by atoms with Crippen molar-refractivity contribution in [3.05, 3.63) is 0 Å². The summed E-state index contributed by atoms with van der Waals surface area (Å²) in [7, 11) is 0. The molecular formula is C11H20N2O5. The third kappa shape index (κ3) is 4.50. The van der Waals surface area contributed by atoms with Crippen LogP contribution in [0.3, 0.4) is 0 Å². The molecule has 0 aliphatic carbocycles. The van der Waals surface area contributed by atoms with Crippen LogP contribution in [0.4, 0.5) is 4.79 Å². The second-order valence-electron chi connectivity index (χ2n) is 4.67. The molecule has 1 saturated heterocycles. The van der Waals surface area contributed by atoms with Gasteiger partial charge in [-0.05, 0) is 19.8 Å². The number of aliphatic hydroxyl groups is 1. The van der Waals surface area contributed by atoms with Crippen LogP contribution in [-0.4, -0.2) is 53.6 Å². The number of hydrogen-bond acceptors (Lipinski definition) is 4. The molecule has 0 radical (unpaired) electrons. The second kappa shape index (κ2) is 6.55. The molecule has 104 valence electrons. The Balaban J connectivity index is 2.46. The molecule has 0 aromatic rings. The first-order valence-electron chi connectivity index (χ1n) is 5.97. The zero-order valence-electron chi connectivity index (χ0n) is 10.4. The van der Waals surface area contributed by atoms with Crippen LogP contribution in [0.5, 0.6) is 0 Å². The molecule has 0 aromatic heterocycles. The van der Waals surface area contributed by atoms with Gasteiger partial charge >= 0.3 is 12.0 Å². The Morgan fingerprint density at radius 2 is 2.00 bits per heavy atom. The number of nitrogens with one attached hydrogen (secondary N) is 2. The van der Waals surface area contributed by atoms with Crippen LogP contribution in [0.25, 0.3) is 0 Å². The molecule has 1 fully saturated rings. The Kier molecular flexibility index (Phi) is 5.36. The molecular weight excluding hydrogens is 240 g/mol. The normalized spacial score (nSPS) is 19.9. The van der Waals surface area contributed by atoms with Gasteiger partial charge < -0.3 is 25.6 Å². The maximum atomic E-state index is 11.7. The van der Waals surface area contributed by atoms with Crippen LogP contribution in [-0.2, 0) is 9.53 Å². The van der Waals surface area contributed by atoms with Crippen LogP contribution in [0, 0.1) is 0 Å². The van der Waals surface area contributed by atoms with Crippen molar-refractivity contribution < 1.29 is 24.5 Å². The van der Waals surface area contributed by atoms with Gasteiger partial charge in [-0.2, -0.15) is 0 Å². The Morgan fingerprint density at radius 3 is 2.50 bits per heavy atom. The number of carbonyl (C=O) groups is 2. The number of aliphatic hydroxyl groups excluding tert-OH is 1. The van der Waals surface area contributed by atoms with Crippen molar-refractivity contribution in [2.45, 2.75) is 37.8 Å². The van der Waals surface area contributed by atoms with Gasteiger partial charge in [-0.3, -0.25) is 0 Å². The zero-order chi connectivity index (χ0) is 13.6. The average molecular weight is 260 g/mol. The number of carboxylic acids is 1. The van der Waals surface area contributed by atoms with Crippen LogP contribution in [0.1, 0.15) is 26.2 Å². The maximum Gasteiger partial charge on any atom is 0.326 e. The van der Waals surface area contributed by atoms with E-state index in [4.69, 9.17) is 14.9 Å². The van der Waals surface area contributed by atoms with Crippen LogP contribution in [0.15, 0.2) is 0 Å². The lowest BCUT2D eigenvalue weighted by atomic mass is 9.93. The smallest absolute Gasteiger partial charge is 0.326 e. The van der Waals surface area contributed by atoms with Crippen molar-refractivity contribution >= 4 is 12.0 Å². The lowest BCUT2D eigenvalue weighted by Gasteiger charge is -2.34. The summed E-state index contributed by atoms with van der Waals surface area (Å²) in [5.74, 6) is -1.16. The highest BCUT2D eigenvalue weighted by molar-refractivity contribution is 5.82. The number of rotatable bonds is 5. The molecule has 1 aliphatic rings. The highest BCUT2D eigenvalue weighted by Gasteiger charge is 2.30. The number of hydrogen-bond donors (Lipinski definition) is 4. The summed E-state index contributed by atoms with van der Waals surface area (Å²) in [6.07, 6.45) is 1.37. The Labute approximate surface area is 106 Å². The second-order valence-corrected chi connectivity index (χ2v) is 4.67. The van der Waals surface area contributed by atoms with Crippen molar-refractivity contribution in [1.29, 1.82) is 0 Å². The van der Waals surface area contributed by atoms with Crippen LogP contribution >= 0.6 is 0 Å². The number of carbonyl (C=O) groups excluding carboxylic acids is 1. The molecule has 0 aromatic carbocycles. The summed E-state index contributed by atoms with van der Waals surface area (Å²) in [6, 6.07) is -1.60. The SMILES string of the molecule is CC1(NC(=O)N[C@H](CCO)C(=O)O)CCOCC1. The van der Waals surface area contributed by atoms with E-state index in [1.807, 2.05) is 6.92 Å². The molecule has 4 N–H and O–H groups in total. The van der Waals surface area contributed by atoms with E-state index in [2.05, 4.69) is 10.6 Å². The summed E-state index contributed by atoms with van der Waals surface area (Å²) < 4.78 is 5.21. The fourth-order valence-corrected chi connectivity index (χ4v) is 1.80. The molecule has 0 spiro atoms. The first-order valence-corrected chi connectivity index (χ1v) is 5.97. The molecule has 2 amide bonds. The topological polar surface area (TPSA) is 108 Å². The van der Waals surface area contributed by atoms with Gasteiger partial charge in [0.2, 0.25) is 0 Å². The highest BCUT2D eigenvalue weighted by atomic mass is 16.5. The minimum Gasteiger partial charge on any atom is -0.480 e. The zero-order valence-corrected chi connectivity index (χ0v) is 10.4. The molecule has 0 bridgehead atoms. The predicted octanol–water partition coefficient (Wildman–Crippen LogP) is -0.310. The minimum absolute atomic E-state index is 0.0113. The van der Waals surface area contributed by atoms with E-state index < -0.39 is 18.0 Å². The summed E-state index contributed by atoms with van der Waals surface area (Å²) in [4.78, 5) is 22.5. The first-order chi connectivity index (χ1) is 8.47. The third-order valence-electron chi connectivity index (χ3n) is 3.03. The van der Waals surface area contributed by atoms with Gasteiger partial charge in [0.1, 0.15) is 6.04 Å². The van der Waals surface area contributed by atoms with E-state index in [-0.39, 0.29) is 18.6 Å². The fraction of sp³-hybridized carbons (Fsp3) is 0.818. The van der Waals surface area contributed by atoms with Gasteiger partial charge in [-0.15, -0.1) is 0 Å². The summed E-state index contributed by atoms with van der Waals surface area (Å²) >= 11 is 0. The molecule has 1 heterocycles. The quantitative estimate of drug-likeness (QED) is 0.542. The van der Waals surface area contributed by atoms with Crippen molar-refractivity contribution in [2.75, 3.05) is 19.8 Å². The Hall–Kier alpha value is -1.34. The standard InChI is InChI=1S/C11H20N2O5/c1-11(3-6-18-7-4-11)13-10(17)12-8(2-5-14)9(15)16/h8,14H,2-7H2,1H3,(H,15,16)(H2,12,13,17)/t8-/m1/s1. The van der Waals surface area contributed by atoms with E-state index in [0.717, 1.165) is 0 Å². The van der Waals surface area contributed by atoms with Gasteiger partial charge in [0, 0.05) is 31.8 Å². The van der Waals surface area contributed by atoms with Crippen LogP contribution in [0.2, 0.25) is 0 Å². The first kappa shape index (κ1) is 14.7. The molecule has 1 atom stereocenters. The molecule has 7 heteroatoms. The molecule has 0 saturated carbocycles. The van der Waals surface area contributed by atoms with E-state index in [1.165, 1.54) is 0 Å². The van der Waals surface area contributed by atoms with E-state index in [0.29, 0.717) is 26.1 Å². The summed E-state index contributed by atoms with van der Waals surface area (Å²) in [5, 5.41) is 22.7. The van der Waals surface area contributed by atoms with E-state index >= 15 is 0 Å². The molecule has 1 rings (SSSR count). The number of amides is 2. The number of urea groups is 1. The van der Waals surface area contributed by atoms with Gasteiger partial charge in [0.05, 0.1) is 0 Å². The monoisotopic (exact) mass is 260 g/mol. The van der Waals surface area contributed by atoms with Crippen molar-refractivity contribution in [3.8, 4) is 0 Å². The van der Waals surface area contributed by atoms with E-state index in [1.54, 1.807) is 0 Å². The maximum absolute atomic E-state index is 11.7. The minimum atomic E-state index is -1.16. The fourth-order valence-electron chi connectivity index (χ4n) is 1.80. The molecule has 1 aliphatic heterocycles. The average Bonchev–Trinajstić information content (AvgIpc) is 2.28. The van der Waals surface area contributed by atoms with Crippen LogP contribution < -0.4 is 10.6 Å².